The lowest BCUT2D eigenvalue weighted by Crippen LogP contribution is -2.18. The lowest BCUT2D eigenvalue weighted by atomic mass is 10.2. The Hall–Kier alpha value is -1.27. The molecule has 0 bridgehead atoms. The normalized spacial score (nSPS) is 15.1. The minimum atomic E-state index is -3.93. The molecule has 15 heavy (non-hydrogen) atoms. The monoisotopic (exact) mass is 248 g/mol. The molecule has 1 aromatic carbocycles. The van der Waals surface area contributed by atoms with Crippen LogP contribution in [0.3, 0.4) is 0 Å². The fraction of sp³-hybridized carbons (Fsp3) is 0.125. The summed E-state index contributed by atoms with van der Waals surface area (Å²) in [6.07, 6.45) is -0.935. The average molecular weight is 249 g/mol. The maximum Gasteiger partial charge on any atom is 0.514 e. The van der Waals surface area contributed by atoms with Gasteiger partial charge in [0.25, 0.3) is 9.05 Å². The lowest BCUT2D eigenvalue weighted by Gasteiger charge is -2.17. The molecule has 0 N–H and O–H groups in total. The first-order valence-electron chi connectivity index (χ1n) is 3.89. The molecule has 1 aliphatic heterocycles. The number of hydrogen-bond donors (Lipinski definition) is 0. The van der Waals surface area contributed by atoms with Crippen molar-refractivity contribution in [3.63, 3.8) is 0 Å². The Balaban J connectivity index is 2.64. The van der Waals surface area contributed by atoms with Gasteiger partial charge in [-0.15, -0.1) is 0 Å². The van der Waals surface area contributed by atoms with Crippen molar-refractivity contribution in [2.45, 2.75) is 11.5 Å². The molecule has 1 aliphatic rings. The van der Waals surface area contributed by atoms with Gasteiger partial charge in [-0.05, 0) is 6.07 Å². The van der Waals surface area contributed by atoms with Crippen LogP contribution in [0, 0.1) is 0 Å². The highest BCUT2D eigenvalue weighted by atomic mass is 35.7. The third kappa shape index (κ3) is 1.91. The molecule has 7 heteroatoms. The number of carbonyl (C=O) groups excluding carboxylic acids is 1. The molecule has 0 radical (unpaired) electrons. The van der Waals surface area contributed by atoms with Gasteiger partial charge in [-0.2, -0.15) is 0 Å². The molecule has 0 unspecified atom stereocenters. The number of rotatable bonds is 1. The SMILES string of the molecule is O=C1OCc2cccc(S(=O)(=O)Cl)c2O1. The zero-order chi connectivity index (χ0) is 11.1. The van der Waals surface area contributed by atoms with Gasteiger partial charge in [0, 0.05) is 16.2 Å². The van der Waals surface area contributed by atoms with Gasteiger partial charge in [0.15, 0.2) is 5.75 Å². The fourth-order valence-corrected chi connectivity index (χ4v) is 2.23. The van der Waals surface area contributed by atoms with Crippen molar-refractivity contribution in [2.24, 2.45) is 0 Å². The zero-order valence-electron chi connectivity index (χ0n) is 7.27. The number of ether oxygens (including phenoxy) is 2. The van der Waals surface area contributed by atoms with Gasteiger partial charge in [-0.1, -0.05) is 12.1 Å². The van der Waals surface area contributed by atoms with Crippen LogP contribution in [0.15, 0.2) is 23.1 Å². The second-order valence-electron chi connectivity index (χ2n) is 2.82. The number of carbonyl (C=O) groups is 1. The zero-order valence-corrected chi connectivity index (χ0v) is 8.84. The van der Waals surface area contributed by atoms with Crippen LogP contribution in [0.5, 0.6) is 5.75 Å². The smallest absolute Gasteiger partial charge is 0.429 e. The van der Waals surface area contributed by atoms with Crippen LogP contribution in [-0.4, -0.2) is 14.6 Å². The maximum atomic E-state index is 11.1. The summed E-state index contributed by atoms with van der Waals surface area (Å²) in [6.45, 7) is -0.0194. The van der Waals surface area contributed by atoms with Crippen LogP contribution in [0.4, 0.5) is 4.79 Å². The van der Waals surface area contributed by atoms with Crippen LogP contribution in [-0.2, 0) is 20.4 Å². The summed E-state index contributed by atoms with van der Waals surface area (Å²) in [4.78, 5) is 10.6. The number of benzene rings is 1. The maximum absolute atomic E-state index is 11.1. The number of hydrogen-bond acceptors (Lipinski definition) is 5. The molecule has 2 rings (SSSR count). The van der Waals surface area contributed by atoms with Gasteiger partial charge in [-0.3, -0.25) is 0 Å². The quantitative estimate of drug-likeness (QED) is 0.429. The summed E-state index contributed by atoms with van der Waals surface area (Å²) in [7, 11) is 1.26. The van der Waals surface area contributed by atoms with Crippen LogP contribution < -0.4 is 4.74 Å². The molecule has 1 aromatic rings. The van der Waals surface area contributed by atoms with Gasteiger partial charge in [-0.25, -0.2) is 13.2 Å². The molecule has 0 saturated heterocycles. The van der Waals surface area contributed by atoms with Crippen LogP contribution in [0.25, 0.3) is 0 Å². The van der Waals surface area contributed by atoms with E-state index in [-0.39, 0.29) is 17.3 Å². The topological polar surface area (TPSA) is 69.7 Å². The molecule has 0 spiro atoms. The molecule has 0 amide bonds. The molecule has 0 saturated carbocycles. The average Bonchev–Trinajstić information content (AvgIpc) is 2.15. The third-order valence-corrected chi connectivity index (χ3v) is 3.20. The largest absolute Gasteiger partial charge is 0.514 e. The van der Waals surface area contributed by atoms with Gasteiger partial charge < -0.3 is 9.47 Å². The molecule has 1 heterocycles. The van der Waals surface area contributed by atoms with Crippen molar-refractivity contribution in [2.75, 3.05) is 0 Å². The van der Waals surface area contributed by atoms with E-state index in [2.05, 4.69) is 9.47 Å². The van der Waals surface area contributed by atoms with Crippen LogP contribution >= 0.6 is 10.7 Å². The lowest BCUT2D eigenvalue weighted by molar-refractivity contribution is 0.0770. The number of fused-ring (bicyclic) bond motifs is 1. The van der Waals surface area contributed by atoms with Gasteiger partial charge in [0.05, 0.1) is 0 Å². The van der Waals surface area contributed by atoms with E-state index >= 15 is 0 Å². The molecule has 5 nitrogen and oxygen atoms in total. The van der Waals surface area contributed by atoms with E-state index < -0.39 is 15.2 Å². The molecular formula is C8H5ClO5S. The number of para-hydroxylation sites is 1. The summed E-state index contributed by atoms with van der Waals surface area (Å²) in [5.41, 5.74) is 0.469. The van der Waals surface area contributed by atoms with E-state index in [4.69, 9.17) is 10.7 Å². The Morgan fingerprint density at radius 3 is 2.73 bits per heavy atom. The van der Waals surface area contributed by atoms with Gasteiger partial charge in [0.2, 0.25) is 0 Å². The predicted molar refractivity (Wildman–Crippen MR) is 50.3 cm³/mol. The summed E-state index contributed by atoms with van der Waals surface area (Å²) < 4.78 is 31.5. The summed E-state index contributed by atoms with van der Waals surface area (Å²) >= 11 is 0. The standard InChI is InChI=1S/C8H5ClO5S/c9-15(11,12)6-3-1-2-5-4-13-8(10)14-7(5)6/h1-3H,4H2. The van der Waals surface area contributed by atoms with E-state index in [9.17, 15) is 13.2 Å². The molecular weight excluding hydrogens is 244 g/mol. The number of cyclic esters (lactones) is 1. The van der Waals surface area contributed by atoms with Crippen LogP contribution in [0.2, 0.25) is 0 Å². The highest BCUT2D eigenvalue weighted by molar-refractivity contribution is 8.13. The molecule has 0 atom stereocenters. The Morgan fingerprint density at radius 1 is 1.33 bits per heavy atom. The first kappa shape index (κ1) is 10.3. The molecule has 0 aromatic heterocycles. The fourth-order valence-electron chi connectivity index (χ4n) is 1.23. The third-order valence-electron chi connectivity index (χ3n) is 1.85. The Kier molecular flexibility index (Phi) is 2.32. The van der Waals surface area contributed by atoms with Gasteiger partial charge >= 0.3 is 6.16 Å². The van der Waals surface area contributed by atoms with E-state index in [0.29, 0.717) is 5.56 Å². The van der Waals surface area contributed by atoms with E-state index in [1.165, 1.54) is 12.1 Å². The minimum absolute atomic E-state index is 0.0194. The summed E-state index contributed by atoms with van der Waals surface area (Å²) in [5.74, 6) is -0.0521. The second kappa shape index (κ2) is 3.39. The first-order valence-corrected chi connectivity index (χ1v) is 6.20. The van der Waals surface area contributed by atoms with E-state index in [1.807, 2.05) is 0 Å². The minimum Gasteiger partial charge on any atom is -0.429 e. The predicted octanol–water partition coefficient (Wildman–Crippen LogP) is 1.64. The summed E-state index contributed by atoms with van der Waals surface area (Å²) in [5, 5.41) is 0. The van der Waals surface area contributed by atoms with Crippen molar-refractivity contribution in [3.8, 4) is 5.75 Å². The highest BCUT2D eigenvalue weighted by Gasteiger charge is 2.26. The molecule has 0 aliphatic carbocycles. The van der Waals surface area contributed by atoms with Crippen molar-refractivity contribution in [1.82, 2.24) is 0 Å². The van der Waals surface area contributed by atoms with Crippen molar-refractivity contribution >= 4 is 25.9 Å². The summed E-state index contributed by atoms with van der Waals surface area (Å²) in [6, 6.07) is 4.35. The first-order chi connectivity index (χ1) is 6.98. The number of halogens is 1. The van der Waals surface area contributed by atoms with Crippen LogP contribution in [0.1, 0.15) is 5.56 Å². The van der Waals surface area contributed by atoms with Crippen molar-refractivity contribution < 1.29 is 22.7 Å². The van der Waals surface area contributed by atoms with E-state index in [0.717, 1.165) is 0 Å². The Morgan fingerprint density at radius 2 is 2.07 bits per heavy atom. The van der Waals surface area contributed by atoms with Crippen molar-refractivity contribution in [1.29, 1.82) is 0 Å². The van der Waals surface area contributed by atoms with E-state index in [1.54, 1.807) is 6.07 Å². The van der Waals surface area contributed by atoms with Gasteiger partial charge in [0.1, 0.15) is 11.5 Å². The second-order valence-corrected chi connectivity index (χ2v) is 5.36. The highest BCUT2D eigenvalue weighted by Crippen LogP contribution is 2.33. The molecule has 80 valence electrons. The Bertz CT molecular complexity index is 522. The van der Waals surface area contributed by atoms with Crippen molar-refractivity contribution in [3.05, 3.63) is 23.8 Å². The molecule has 0 fully saturated rings. The Labute approximate surface area is 90.0 Å².